The molecule has 0 fully saturated rings. The topological polar surface area (TPSA) is 132 Å². The summed E-state index contributed by atoms with van der Waals surface area (Å²) >= 11 is 0. The fourth-order valence-electron chi connectivity index (χ4n) is 8.73. The van der Waals surface area contributed by atoms with Crippen molar-refractivity contribution in [3.05, 3.63) is 138 Å². The Hall–Kier alpha value is -5.91. The number of hydrogen-bond donors (Lipinski definition) is 3. The number of allylic oxidation sites excluding steroid dienone is 8. The van der Waals surface area contributed by atoms with Gasteiger partial charge >= 0.3 is 5.97 Å². The van der Waals surface area contributed by atoms with E-state index in [1.54, 1.807) is 0 Å². The summed E-state index contributed by atoms with van der Waals surface area (Å²) in [6.45, 7) is 12.9. The first-order valence-corrected chi connectivity index (χ1v) is 21.1. The number of nitrogens with zero attached hydrogens (tertiary/aromatic N) is 3. The van der Waals surface area contributed by atoms with Crippen LogP contribution in [-0.2, 0) is 25.7 Å². The predicted octanol–water partition coefficient (Wildman–Crippen LogP) is 9.41. The molecule has 3 N–H and O–H groups in total. The summed E-state index contributed by atoms with van der Waals surface area (Å²) in [6, 6.07) is 26.5. The summed E-state index contributed by atoms with van der Waals surface area (Å²) < 4.78 is 34.7. The van der Waals surface area contributed by atoms with Crippen molar-refractivity contribution in [1.29, 1.82) is 0 Å². The second-order valence-electron chi connectivity index (χ2n) is 15.8. The lowest BCUT2D eigenvalue weighted by atomic mass is 9.79. The molecule has 5 aromatic rings. The summed E-state index contributed by atoms with van der Waals surface area (Å²) in [6.07, 6.45) is 16.7. The number of carbonyl (C=O) groups excluding carboxylic acids is 1. The molecule has 2 aliphatic heterocycles. The van der Waals surface area contributed by atoms with E-state index in [2.05, 4.69) is 159 Å². The van der Waals surface area contributed by atoms with E-state index in [-0.39, 0.29) is 22.0 Å². The smallest absolute Gasteiger partial charge is 0.333 e. The van der Waals surface area contributed by atoms with Crippen LogP contribution in [0.4, 0.5) is 11.4 Å². The third kappa shape index (κ3) is 7.36. The Bertz CT molecular complexity index is 2700. The summed E-state index contributed by atoms with van der Waals surface area (Å²) in [5.74, 6) is -2.70. The number of hydrogen-bond acceptors (Lipinski definition) is 7. The number of likely N-dealkylation sites (N-methyl/N-ethyl adjacent to an activating group) is 1. The van der Waals surface area contributed by atoms with Crippen molar-refractivity contribution in [3.8, 4) is 11.8 Å². The number of aromatic nitrogens is 1. The minimum atomic E-state index is -4.83. The van der Waals surface area contributed by atoms with Crippen molar-refractivity contribution in [2.75, 3.05) is 18.0 Å². The van der Waals surface area contributed by atoms with Crippen LogP contribution in [0.2, 0.25) is 0 Å². The van der Waals surface area contributed by atoms with E-state index in [1.165, 1.54) is 49.8 Å². The van der Waals surface area contributed by atoms with E-state index in [4.69, 9.17) is 4.84 Å². The van der Waals surface area contributed by atoms with Crippen molar-refractivity contribution in [1.82, 2.24) is 4.73 Å². The molecule has 0 bridgehead atoms. The van der Waals surface area contributed by atoms with Crippen molar-refractivity contribution in [2.24, 2.45) is 0 Å². The Morgan fingerprint density at radius 2 is 1.43 bits per heavy atom. The average Bonchev–Trinajstić information content (AvgIpc) is 3.69. The molecule has 58 heavy (non-hydrogen) atoms. The van der Waals surface area contributed by atoms with Gasteiger partial charge in [0.05, 0.1) is 5.41 Å². The van der Waals surface area contributed by atoms with Gasteiger partial charge in [0.25, 0.3) is 16.0 Å². The third-order valence-electron chi connectivity index (χ3n) is 11.4. The van der Waals surface area contributed by atoms with Gasteiger partial charge in [-0.1, -0.05) is 98.8 Å². The molecule has 3 heterocycles. The van der Waals surface area contributed by atoms with Crippen LogP contribution in [0, 0.1) is 0 Å². The van der Waals surface area contributed by atoms with E-state index in [0.29, 0.717) is 25.5 Å². The largest absolute Gasteiger partial charge is 0.492 e. The maximum absolute atomic E-state index is 12.5. The standard InChI is InChI=1S/C47H49N3O7S/c1-6-48-36-28-26-32-19-14-16-21-34(32)43(36)46(2,3)39(48)23-11-8-7-9-12-24-40-47(4,5)44-35-22-17-15-20-33(35)27-29-37(44)49(40)30-18-10-13-25-42(52)57-50-41(51)31-38(45(50)53)58(54,55)56/h7-9,11-12,14-17,19-24,26-29,31H,6,10,13,18,25,30H2,1-5H3,(H2-,51,53,54,55,56)/p+1. The fraction of sp³-hybridized carbons (Fsp3) is 0.277. The SMILES string of the molecule is CCN1C(=CC=CC=CC=CC2=[N+](CCCCCC(=O)On3c(O)cc(S(=O)(=O)O)c3O)c3ccc4ccccc4c3C2(C)C)C(C)(C)c2c1ccc1ccccc21. The quantitative estimate of drug-likeness (QED) is 0.0465. The van der Waals surface area contributed by atoms with Crippen molar-refractivity contribution >= 4 is 54.7 Å². The van der Waals surface area contributed by atoms with Crippen LogP contribution in [0.25, 0.3) is 21.5 Å². The highest BCUT2D eigenvalue weighted by Crippen LogP contribution is 2.50. The molecule has 2 aliphatic rings. The molecule has 1 aromatic heterocycles. The predicted molar refractivity (Wildman–Crippen MR) is 230 cm³/mol. The number of benzene rings is 4. The first kappa shape index (κ1) is 40.3. The Morgan fingerprint density at radius 3 is 2.10 bits per heavy atom. The number of unbranched alkanes of at least 4 members (excludes halogenated alkanes) is 2. The first-order valence-electron chi connectivity index (χ1n) is 19.7. The molecule has 300 valence electrons. The Morgan fingerprint density at radius 1 is 0.793 bits per heavy atom. The molecule has 0 saturated heterocycles. The van der Waals surface area contributed by atoms with Gasteiger partial charge in [-0.15, -0.1) is 4.73 Å². The minimum Gasteiger partial charge on any atom is -0.492 e. The highest BCUT2D eigenvalue weighted by Gasteiger charge is 2.45. The highest BCUT2D eigenvalue weighted by molar-refractivity contribution is 7.86. The van der Waals surface area contributed by atoms with Crippen LogP contribution in [0.15, 0.2) is 132 Å². The molecule has 0 amide bonds. The second-order valence-corrected chi connectivity index (χ2v) is 17.2. The van der Waals surface area contributed by atoms with Crippen molar-refractivity contribution in [2.45, 2.75) is 76.0 Å². The molecule has 0 radical (unpaired) electrons. The normalized spacial score (nSPS) is 16.9. The van der Waals surface area contributed by atoms with Gasteiger partial charge in [-0.05, 0) is 78.9 Å². The van der Waals surface area contributed by atoms with Gasteiger partial charge in [0, 0.05) is 60.0 Å². The van der Waals surface area contributed by atoms with Crippen LogP contribution >= 0.6 is 0 Å². The van der Waals surface area contributed by atoms with Gasteiger partial charge in [-0.3, -0.25) is 4.55 Å². The summed E-state index contributed by atoms with van der Waals surface area (Å²) in [5.41, 5.74) is 7.07. The second kappa shape index (κ2) is 15.8. The maximum atomic E-state index is 12.5. The van der Waals surface area contributed by atoms with E-state index in [1.807, 2.05) is 0 Å². The van der Waals surface area contributed by atoms with Crippen LogP contribution in [0.1, 0.15) is 71.4 Å². The molecule has 10 nitrogen and oxygen atoms in total. The van der Waals surface area contributed by atoms with Gasteiger partial charge in [0.2, 0.25) is 11.6 Å². The summed E-state index contributed by atoms with van der Waals surface area (Å²) in [7, 11) is -4.83. The Labute approximate surface area is 339 Å². The van der Waals surface area contributed by atoms with Crippen LogP contribution in [0.3, 0.4) is 0 Å². The lowest BCUT2D eigenvalue weighted by Gasteiger charge is -2.26. The number of anilines is 1. The molecule has 4 aromatic carbocycles. The molecule has 0 unspecified atom stereocenters. The molecule has 0 spiro atoms. The maximum Gasteiger partial charge on any atom is 0.333 e. The van der Waals surface area contributed by atoms with Gasteiger partial charge < -0.3 is 20.0 Å². The minimum absolute atomic E-state index is 0.0335. The van der Waals surface area contributed by atoms with E-state index < -0.39 is 32.7 Å². The van der Waals surface area contributed by atoms with E-state index in [0.717, 1.165) is 18.7 Å². The summed E-state index contributed by atoms with van der Waals surface area (Å²) in [5, 5.41) is 24.9. The number of carbonyl (C=O) groups is 1. The third-order valence-corrected chi connectivity index (χ3v) is 12.2. The lowest BCUT2D eigenvalue weighted by molar-refractivity contribution is -0.438. The number of rotatable bonds is 13. The van der Waals surface area contributed by atoms with Crippen LogP contribution in [-0.4, -0.2) is 57.3 Å². The van der Waals surface area contributed by atoms with Gasteiger partial charge in [0.15, 0.2) is 10.6 Å². The van der Waals surface area contributed by atoms with E-state index in [9.17, 15) is 28.0 Å². The highest BCUT2D eigenvalue weighted by atomic mass is 32.2. The van der Waals surface area contributed by atoms with Gasteiger partial charge in [0.1, 0.15) is 6.54 Å². The fourth-order valence-corrected chi connectivity index (χ4v) is 9.30. The molecule has 0 aliphatic carbocycles. The monoisotopic (exact) mass is 800 g/mol. The molecule has 7 rings (SSSR count). The molecule has 11 heteroatoms. The zero-order chi connectivity index (χ0) is 41.4. The number of aromatic hydroxyl groups is 2. The lowest BCUT2D eigenvalue weighted by Crippen LogP contribution is -2.28. The van der Waals surface area contributed by atoms with Crippen LogP contribution < -0.4 is 9.74 Å². The van der Waals surface area contributed by atoms with E-state index >= 15 is 0 Å². The summed E-state index contributed by atoms with van der Waals surface area (Å²) in [4.78, 5) is 19.0. The van der Waals surface area contributed by atoms with Gasteiger partial charge in [-0.25, -0.2) is 4.79 Å². The molecular formula is C47H50N3O7S+. The average molecular weight is 801 g/mol. The van der Waals surface area contributed by atoms with Gasteiger partial charge in [-0.2, -0.15) is 13.0 Å². The Kier molecular flexibility index (Phi) is 11.0. The molecule has 0 saturated carbocycles. The Balaban J connectivity index is 1.05. The van der Waals surface area contributed by atoms with Crippen molar-refractivity contribution < 1.29 is 37.4 Å². The van der Waals surface area contributed by atoms with Crippen LogP contribution in [0.5, 0.6) is 11.8 Å². The number of fused-ring (bicyclic) bond motifs is 6. The zero-order valence-electron chi connectivity index (χ0n) is 33.5. The first-order chi connectivity index (χ1) is 27.7. The molecule has 0 atom stereocenters. The van der Waals surface area contributed by atoms with Crippen molar-refractivity contribution in [3.63, 3.8) is 0 Å². The molecular weight excluding hydrogens is 751 g/mol. The zero-order valence-corrected chi connectivity index (χ0v) is 34.3.